The second-order valence-electron chi connectivity index (χ2n) is 19.6. The van der Waals surface area contributed by atoms with Gasteiger partial charge < -0.3 is 39.5 Å². The van der Waals surface area contributed by atoms with Gasteiger partial charge in [0.05, 0.1) is 99.8 Å². The minimum absolute atomic E-state index is 0.134. The number of aromatic nitrogens is 4. The van der Waals surface area contributed by atoms with Crippen LogP contribution < -0.4 is 10.6 Å². The number of hydrogen-bond acceptors (Lipinski definition) is 10. The Kier molecular flexibility index (Phi) is 17.0. The first-order chi connectivity index (χ1) is 36.0. The maximum Gasteiger partial charge on any atom is 0.238 e. The van der Waals surface area contributed by atoms with E-state index in [9.17, 15) is 9.59 Å². The summed E-state index contributed by atoms with van der Waals surface area (Å²) in [5.41, 5.74) is 21.3. The number of amides is 2. The molecule has 1 saturated heterocycles. The predicted octanol–water partition coefficient (Wildman–Crippen LogP) is 10.6. The van der Waals surface area contributed by atoms with Crippen molar-refractivity contribution in [1.82, 2.24) is 29.7 Å². The highest BCUT2D eigenvalue weighted by Gasteiger charge is 2.28. The smallest absolute Gasteiger partial charge is 0.238 e. The SMILES string of the molecule is CCC1=C(C)c2nc1cc1[nH]c(c(C)c1CC)c1c3nc(cc4[nH]c(c(C)c4CC)c2-c2ccccc2NC(=O)CN2CCOCCOCCN(CCOCCOCC2)CC(=O)Nc2ccccc2-1)C(CC)=C3C. The molecule has 390 valence electrons. The van der Waals surface area contributed by atoms with Crippen LogP contribution >= 0.6 is 0 Å². The molecule has 0 saturated carbocycles. The molecule has 12 bridgehead atoms. The van der Waals surface area contributed by atoms with Crippen LogP contribution in [-0.2, 0) is 41.4 Å². The van der Waals surface area contributed by atoms with Crippen molar-refractivity contribution in [3.05, 3.63) is 106 Å². The van der Waals surface area contributed by atoms with Gasteiger partial charge in [-0.3, -0.25) is 19.4 Å². The van der Waals surface area contributed by atoms with Crippen LogP contribution in [0.25, 0.3) is 66.6 Å². The van der Waals surface area contributed by atoms with Crippen molar-refractivity contribution in [3.63, 3.8) is 0 Å². The van der Waals surface area contributed by atoms with E-state index < -0.39 is 0 Å². The van der Waals surface area contributed by atoms with Gasteiger partial charge in [0, 0.05) is 70.8 Å². The molecule has 0 atom stereocenters. The van der Waals surface area contributed by atoms with Crippen molar-refractivity contribution in [1.29, 1.82) is 0 Å². The molecule has 2 aromatic carbocycles. The summed E-state index contributed by atoms with van der Waals surface area (Å²) in [4.78, 5) is 52.2. The fraction of sp³-hybridized carbons (Fsp3) is 0.433. The predicted molar refractivity (Wildman–Crippen MR) is 299 cm³/mol. The monoisotopic (exact) mass is 1000 g/mol. The summed E-state index contributed by atoms with van der Waals surface area (Å²) in [6.45, 7) is 23.1. The molecule has 3 aromatic heterocycles. The number of hydrogen-bond donors (Lipinski definition) is 4. The van der Waals surface area contributed by atoms with Crippen LogP contribution in [0.5, 0.6) is 0 Å². The second kappa shape index (κ2) is 24.0. The van der Waals surface area contributed by atoms with Crippen molar-refractivity contribution >= 4 is 67.5 Å². The molecule has 7 aliphatic rings. The molecule has 4 N–H and O–H groups in total. The Balaban J connectivity index is 1.37. The summed E-state index contributed by atoms with van der Waals surface area (Å²) in [5.74, 6) is -0.290. The molecule has 2 amide bonds. The summed E-state index contributed by atoms with van der Waals surface area (Å²) in [6, 6.07) is 20.6. The number of ether oxygens (including phenoxy) is 4. The number of anilines is 2. The summed E-state index contributed by atoms with van der Waals surface area (Å²) in [6.07, 6.45) is 3.07. The number of carbonyl (C=O) groups excluding carboxylic acids is 2. The maximum absolute atomic E-state index is 14.4. The Bertz CT molecular complexity index is 2920. The number of aryl methyl sites for hydroxylation is 4. The summed E-state index contributed by atoms with van der Waals surface area (Å²) < 4.78 is 24.2. The molecular weight excluding hydrogens is 929 g/mol. The Labute approximate surface area is 436 Å². The average Bonchev–Trinajstić information content (AvgIpc) is 4.08. The molecule has 0 radical (unpaired) electrons. The Morgan fingerprint density at radius 3 is 1.22 bits per heavy atom. The van der Waals surface area contributed by atoms with Crippen molar-refractivity contribution in [2.75, 3.05) is 103 Å². The topological polar surface area (TPSA) is 159 Å². The number of rotatable bonds is 4. The van der Waals surface area contributed by atoms with Gasteiger partial charge in [-0.15, -0.1) is 0 Å². The number of aromatic amines is 2. The largest absolute Gasteiger partial charge is 0.378 e. The Morgan fingerprint density at radius 1 is 0.500 bits per heavy atom. The van der Waals surface area contributed by atoms with Crippen molar-refractivity contribution in [3.8, 4) is 22.3 Å². The highest BCUT2D eigenvalue weighted by Crippen LogP contribution is 2.45. The first-order valence-electron chi connectivity index (χ1n) is 26.8. The number of allylic oxidation sites excluding steroid dienone is 4. The van der Waals surface area contributed by atoms with Crippen molar-refractivity contribution in [2.45, 2.75) is 81.1 Å². The molecular formula is C60H74N8O6. The van der Waals surface area contributed by atoms with E-state index in [4.69, 9.17) is 28.9 Å². The molecule has 10 heterocycles. The summed E-state index contributed by atoms with van der Waals surface area (Å²) in [7, 11) is 0. The number of carbonyl (C=O) groups is 2. The molecule has 14 nitrogen and oxygen atoms in total. The van der Waals surface area contributed by atoms with E-state index in [-0.39, 0.29) is 24.9 Å². The van der Waals surface area contributed by atoms with E-state index in [0.717, 1.165) is 126 Å². The molecule has 0 unspecified atom stereocenters. The Morgan fingerprint density at radius 2 is 0.865 bits per heavy atom. The Hall–Kier alpha value is -6.26. The van der Waals surface area contributed by atoms with Gasteiger partial charge in [-0.05, 0) is 122 Å². The fourth-order valence-corrected chi connectivity index (χ4v) is 11.2. The summed E-state index contributed by atoms with van der Waals surface area (Å²) in [5, 5.41) is 6.72. The van der Waals surface area contributed by atoms with Crippen LogP contribution in [0.15, 0.2) is 60.7 Å². The molecule has 0 spiro atoms. The van der Waals surface area contributed by atoms with Crippen molar-refractivity contribution < 1.29 is 28.5 Å². The van der Waals surface area contributed by atoms with E-state index in [1.165, 1.54) is 11.1 Å². The van der Waals surface area contributed by atoms with E-state index in [0.29, 0.717) is 90.4 Å². The van der Waals surface area contributed by atoms with Gasteiger partial charge in [0.1, 0.15) is 0 Å². The van der Waals surface area contributed by atoms with E-state index in [1.807, 2.05) is 36.4 Å². The standard InChI is InChI=1S/C60H74N8O6/c1-9-41-37(5)57-55-45-17-13-15-19-47(45)61-53(69)35-67-21-25-71-29-31-73-27-23-68(24-28-74-32-30-72-26-22-67)36-54(70)62-48-20-16-14-18-46(48)56(59-38(6)42(10-2)50(64-59)33-49(41)63-57)60-40(8)44(12-4)52(66-60)34-51-43(11-3)39(7)58(55)65-51/h13-20,33-34,63,66H,9-12,21-32,35-36H2,1-8H3,(H,61,69)(H,62,70). The van der Waals surface area contributed by atoms with Gasteiger partial charge in [-0.2, -0.15) is 0 Å². The first-order valence-corrected chi connectivity index (χ1v) is 26.8. The van der Waals surface area contributed by atoms with Gasteiger partial charge in [0.15, 0.2) is 0 Å². The van der Waals surface area contributed by atoms with Crippen LogP contribution in [0, 0.1) is 13.8 Å². The molecule has 1 fully saturated rings. The van der Waals surface area contributed by atoms with Gasteiger partial charge in [-0.25, -0.2) is 9.97 Å². The first kappa shape index (κ1) is 52.6. The second-order valence-corrected chi connectivity index (χ2v) is 19.6. The van der Waals surface area contributed by atoms with Crippen molar-refractivity contribution in [2.24, 2.45) is 0 Å². The minimum Gasteiger partial charge on any atom is -0.378 e. The van der Waals surface area contributed by atoms with Crippen LogP contribution in [0.2, 0.25) is 0 Å². The van der Waals surface area contributed by atoms with Crippen LogP contribution in [-0.4, -0.2) is 134 Å². The third-order valence-corrected chi connectivity index (χ3v) is 15.1. The summed E-state index contributed by atoms with van der Waals surface area (Å²) >= 11 is 0. The normalized spacial score (nSPS) is 19.0. The lowest BCUT2D eigenvalue weighted by Crippen LogP contribution is -2.39. The zero-order valence-corrected chi connectivity index (χ0v) is 44.7. The number of nitrogens with zero attached hydrogens (tertiary/aromatic N) is 4. The number of nitrogens with one attached hydrogen (secondary N) is 4. The molecule has 5 aromatic rings. The van der Waals surface area contributed by atoms with Gasteiger partial charge >= 0.3 is 0 Å². The van der Waals surface area contributed by atoms with Crippen LogP contribution in [0.1, 0.15) is 99.4 Å². The quantitative estimate of drug-likeness (QED) is 0.137. The molecule has 12 rings (SSSR count). The van der Waals surface area contributed by atoms with E-state index in [2.05, 4.69) is 110 Å². The third-order valence-electron chi connectivity index (χ3n) is 15.1. The lowest BCUT2D eigenvalue weighted by Gasteiger charge is -2.23. The minimum atomic E-state index is -0.145. The number of para-hydroxylation sites is 2. The number of benzene rings is 2. The van der Waals surface area contributed by atoms with Crippen LogP contribution in [0.3, 0.4) is 0 Å². The lowest BCUT2D eigenvalue weighted by molar-refractivity contribution is -0.118. The highest BCUT2D eigenvalue weighted by molar-refractivity contribution is 6.07. The average molecular weight is 1000 g/mol. The zero-order valence-electron chi connectivity index (χ0n) is 44.7. The van der Waals surface area contributed by atoms with Gasteiger partial charge in [-0.1, -0.05) is 64.1 Å². The number of H-pyrrole nitrogens is 2. The zero-order chi connectivity index (χ0) is 51.9. The fourth-order valence-electron chi connectivity index (χ4n) is 11.2. The molecule has 74 heavy (non-hydrogen) atoms. The molecule has 14 heteroatoms. The molecule has 0 aliphatic carbocycles. The molecule has 7 aliphatic heterocycles. The van der Waals surface area contributed by atoms with Crippen LogP contribution in [0.4, 0.5) is 11.4 Å². The lowest BCUT2D eigenvalue weighted by atomic mass is 9.94. The third kappa shape index (κ3) is 11.1. The van der Waals surface area contributed by atoms with Gasteiger partial charge in [0.25, 0.3) is 0 Å². The van der Waals surface area contributed by atoms with E-state index >= 15 is 0 Å². The maximum atomic E-state index is 14.4. The highest BCUT2D eigenvalue weighted by atomic mass is 16.5. The van der Waals surface area contributed by atoms with Gasteiger partial charge in [0.2, 0.25) is 11.8 Å². The van der Waals surface area contributed by atoms with E-state index in [1.54, 1.807) is 0 Å².